The Morgan fingerprint density at radius 1 is 1.56 bits per heavy atom. The van der Waals surface area contributed by atoms with Crippen LogP contribution in [0.2, 0.25) is 0 Å². The number of aromatic nitrogens is 2. The molecule has 0 aliphatic heterocycles. The molecule has 0 atom stereocenters. The summed E-state index contributed by atoms with van der Waals surface area (Å²) in [5.41, 5.74) is 1.65. The number of carbonyl (C=O) groups excluding carboxylic acids is 1. The van der Waals surface area contributed by atoms with E-state index >= 15 is 0 Å². The molecule has 0 saturated heterocycles. The Labute approximate surface area is 96.9 Å². The van der Waals surface area contributed by atoms with E-state index in [0.717, 1.165) is 11.3 Å². The van der Waals surface area contributed by atoms with Crippen molar-refractivity contribution in [2.45, 2.75) is 6.92 Å². The fourth-order valence-corrected chi connectivity index (χ4v) is 1.93. The van der Waals surface area contributed by atoms with Gasteiger partial charge in [-0.25, -0.2) is 9.78 Å². The van der Waals surface area contributed by atoms with Gasteiger partial charge in [0.2, 0.25) is 5.01 Å². The standard InChI is InChI=1S/C11H10N2O2S/c1-2-15-11(14)10-13-9(7-16-10)8-4-3-5-12-6-8/h3-7H,2H2,1H3. The first-order valence-electron chi connectivity index (χ1n) is 4.84. The number of nitrogens with zero attached hydrogens (tertiary/aromatic N) is 2. The lowest BCUT2D eigenvalue weighted by molar-refractivity contribution is 0.0526. The minimum atomic E-state index is -0.373. The average molecular weight is 234 g/mol. The predicted molar refractivity (Wildman–Crippen MR) is 61.3 cm³/mol. The quantitative estimate of drug-likeness (QED) is 0.765. The first-order valence-corrected chi connectivity index (χ1v) is 5.72. The smallest absolute Gasteiger partial charge is 0.367 e. The van der Waals surface area contributed by atoms with Crippen molar-refractivity contribution in [2.75, 3.05) is 6.61 Å². The molecule has 0 spiro atoms. The van der Waals surface area contributed by atoms with Crippen LogP contribution in [0.25, 0.3) is 11.3 Å². The maximum atomic E-state index is 11.4. The van der Waals surface area contributed by atoms with Gasteiger partial charge in [0.15, 0.2) is 0 Å². The topological polar surface area (TPSA) is 52.1 Å². The van der Waals surface area contributed by atoms with E-state index in [0.29, 0.717) is 11.6 Å². The van der Waals surface area contributed by atoms with Crippen molar-refractivity contribution >= 4 is 17.3 Å². The normalized spacial score (nSPS) is 10.1. The Kier molecular flexibility index (Phi) is 3.26. The van der Waals surface area contributed by atoms with Crippen LogP contribution in [0.15, 0.2) is 29.9 Å². The molecule has 0 aliphatic carbocycles. The number of thiazole rings is 1. The Hall–Kier alpha value is -1.75. The largest absolute Gasteiger partial charge is 0.461 e. The van der Waals surface area contributed by atoms with Gasteiger partial charge < -0.3 is 4.74 Å². The summed E-state index contributed by atoms with van der Waals surface area (Å²) in [6.07, 6.45) is 3.41. The van der Waals surface area contributed by atoms with Crippen LogP contribution in [0.1, 0.15) is 16.7 Å². The molecule has 0 radical (unpaired) electrons. The van der Waals surface area contributed by atoms with Crippen LogP contribution in [0.4, 0.5) is 0 Å². The summed E-state index contributed by atoms with van der Waals surface area (Å²) in [6.45, 7) is 2.13. The second kappa shape index (κ2) is 4.85. The van der Waals surface area contributed by atoms with Crippen molar-refractivity contribution in [3.8, 4) is 11.3 Å². The molecule has 5 heteroatoms. The Bertz CT molecular complexity index is 482. The third-order valence-corrected chi connectivity index (χ3v) is 2.73. The van der Waals surface area contributed by atoms with Crippen molar-refractivity contribution in [2.24, 2.45) is 0 Å². The zero-order chi connectivity index (χ0) is 11.4. The van der Waals surface area contributed by atoms with E-state index in [4.69, 9.17) is 4.74 Å². The number of hydrogen-bond acceptors (Lipinski definition) is 5. The Balaban J connectivity index is 2.23. The summed E-state index contributed by atoms with van der Waals surface area (Å²) < 4.78 is 4.87. The van der Waals surface area contributed by atoms with E-state index in [1.807, 2.05) is 17.5 Å². The highest BCUT2D eigenvalue weighted by Gasteiger charge is 2.12. The summed E-state index contributed by atoms with van der Waals surface area (Å²) in [6, 6.07) is 3.73. The van der Waals surface area contributed by atoms with Gasteiger partial charge in [-0.1, -0.05) is 0 Å². The van der Waals surface area contributed by atoms with Crippen molar-refractivity contribution in [1.82, 2.24) is 9.97 Å². The van der Waals surface area contributed by atoms with Crippen LogP contribution in [-0.2, 0) is 4.74 Å². The van der Waals surface area contributed by atoms with E-state index in [9.17, 15) is 4.79 Å². The lowest BCUT2D eigenvalue weighted by Crippen LogP contribution is -2.03. The molecule has 0 aliphatic rings. The molecule has 0 bridgehead atoms. The van der Waals surface area contributed by atoms with E-state index < -0.39 is 0 Å². The fraction of sp³-hybridized carbons (Fsp3) is 0.182. The minimum Gasteiger partial charge on any atom is -0.461 e. The Morgan fingerprint density at radius 2 is 2.44 bits per heavy atom. The van der Waals surface area contributed by atoms with Crippen molar-refractivity contribution in [1.29, 1.82) is 0 Å². The van der Waals surface area contributed by atoms with Crippen LogP contribution in [0, 0.1) is 0 Å². The number of carbonyl (C=O) groups is 1. The minimum absolute atomic E-state index is 0.362. The molecule has 2 heterocycles. The molecule has 2 aromatic rings. The molecule has 0 saturated carbocycles. The summed E-state index contributed by atoms with van der Waals surface area (Å²) in [4.78, 5) is 19.6. The lowest BCUT2D eigenvalue weighted by Gasteiger charge is -1.96. The van der Waals surface area contributed by atoms with E-state index in [-0.39, 0.29) is 5.97 Å². The van der Waals surface area contributed by atoms with E-state index in [2.05, 4.69) is 9.97 Å². The SMILES string of the molecule is CCOC(=O)c1nc(-c2cccnc2)cs1. The van der Waals surface area contributed by atoms with Crippen LogP contribution in [0.5, 0.6) is 0 Å². The molecule has 2 rings (SSSR count). The first kappa shape index (κ1) is 10.8. The number of hydrogen-bond donors (Lipinski definition) is 0. The third-order valence-electron chi connectivity index (χ3n) is 1.91. The van der Waals surface area contributed by atoms with Crippen LogP contribution < -0.4 is 0 Å². The molecule has 0 N–H and O–H groups in total. The highest BCUT2D eigenvalue weighted by atomic mass is 32.1. The number of rotatable bonds is 3. The van der Waals surface area contributed by atoms with Gasteiger partial charge in [-0.2, -0.15) is 0 Å². The molecule has 16 heavy (non-hydrogen) atoms. The maximum Gasteiger partial charge on any atom is 0.367 e. The Morgan fingerprint density at radius 3 is 3.12 bits per heavy atom. The van der Waals surface area contributed by atoms with Crippen LogP contribution >= 0.6 is 11.3 Å². The van der Waals surface area contributed by atoms with Gasteiger partial charge in [0.1, 0.15) is 0 Å². The highest BCUT2D eigenvalue weighted by molar-refractivity contribution is 7.11. The molecule has 0 fully saturated rings. The van der Waals surface area contributed by atoms with Crippen LogP contribution in [0.3, 0.4) is 0 Å². The van der Waals surface area contributed by atoms with Gasteiger partial charge in [0.05, 0.1) is 12.3 Å². The number of pyridine rings is 1. The van der Waals surface area contributed by atoms with E-state index in [1.54, 1.807) is 19.3 Å². The molecule has 0 unspecified atom stereocenters. The highest BCUT2D eigenvalue weighted by Crippen LogP contribution is 2.21. The summed E-state index contributed by atoms with van der Waals surface area (Å²) in [5, 5.41) is 2.20. The van der Waals surface area contributed by atoms with Crippen molar-refractivity contribution in [3.63, 3.8) is 0 Å². The predicted octanol–water partition coefficient (Wildman–Crippen LogP) is 2.38. The summed E-state index contributed by atoms with van der Waals surface area (Å²) in [5.74, 6) is -0.373. The maximum absolute atomic E-state index is 11.4. The summed E-state index contributed by atoms with van der Waals surface area (Å²) >= 11 is 1.28. The molecular weight excluding hydrogens is 224 g/mol. The molecule has 2 aromatic heterocycles. The van der Waals surface area contributed by atoms with Crippen molar-refractivity contribution < 1.29 is 9.53 Å². The fourth-order valence-electron chi connectivity index (χ4n) is 1.21. The van der Waals surface area contributed by atoms with Crippen LogP contribution in [-0.4, -0.2) is 22.5 Å². The molecular formula is C11H10N2O2S. The molecule has 82 valence electrons. The monoisotopic (exact) mass is 234 g/mol. The van der Waals surface area contributed by atoms with Gasteiger partial charge in [0.25, 0.3) is 0 Å². The average Bonchev–Trinajstić information content (AvgIpc) is 2.80. The van der Waals surface area contributed by atoms with E-state index in [1.165, 1.54) is 11.3 Å². The third kappa shape index (κ3) is 2.25. The summed E-state index contributed by atoms with van der Waals surface area (Å²) in [7, 11) is 0. The van der Waals surface area contributed by atoms with Gasteiger partial charge in [-0.15, -0.1) is 11.3 Å². The molecule has 0 aromatic carbocycles. The molecule has 4 nitrogen and oxygen atoms in total. The first-order chi connectivity index (χ1) is 7.81. The number of ether oxygens (including phenoxy) is 1. The second-order valence-corrected chi connectivity index (χ2v) is 3.86. The van der Waals surface area contributed by atoms with Gasteiger partial charge in [-0.05, 0) is 19.1 Å². The lowest BCUT2D eigenvalue weighted by atomic mass is 10.2. The van der Waals surface area contributed by atoms with Gasteiger partial charge in [0, 0.05) is 23.3 Å². The number of esters is 1. The zero-order valence-electron chi connectivity index (χ0n) is 8.71. The van der Waals surface area contributed by atoms with Crippen molar-refractivity contribution in [3.05, 3.63) is 34.9 Å². The van der Waals surface area contributed by atoms with Gasteiger partial charge in [-0.3, -0.25) is 4.98 Å². The van der Waals surface area contributed by atoms with Gasteiger partial charge >= 0.3 is 5.97 Å². The molecule has 0 amide bonds. The zero-order valence-corrected chi connectivity index (χ0v) is 9.53. The second-order valence-electron chi connectivity index (χ2n) is 3.00.